The molecule has 4 nitrogen and oxygen atoms in total. The van der Waals surface area contributed by atoms with Gasteiger partial charge in [-0.1, -0.05) is 20.8 Å². The van der Waals surface area contributed by atoms with E-state index < -0.39 is 0 Å². The zero-order valence-corrected chi connectivity index (χ0v) is 16.7. The van der Waals surface area contributed by atoms with Crippen LogP contribution in [0.1, 0.15) is 46.6 Å². The van der Waals surface area contributed by atoms with Crippen LogP contribution >= 0.6 is 0 Å². The van der Waals surface area contributed by atoms with Crippen molar-refractivity contribution in [3.05, 3.63) is 47.1 Å². The Hall–Kier alpha value is -1.81. The van der Waals surface area contributed by atoms with Crippen LogP contribution in [0.25, 0.3) is 10.9 Å². The molecule has 4 heteroatoms. The van der Waals surface area contributed by atoms with E-state index in [4.69, 9.17) is 4.74 Å². The van der Waals surface area contributed by atoms with Gasteiger partial charge in [0.25, 0.3) is 5.56 Å². The molecule has 0 spiro atoms. The molecule has 1 radical (unpaired) electrons. The van der Waals surface area contributed by atoms with Crippen LogP contribution in [0.3, 0.4) is 0 Å². The Kier molecular flexibility index (Phi) is 5.42. The predicted molar refractivity (Wildman–Crippen MR) is 108 cm³/mol. The molecule has 26 heavy (non-hydrogen) atoms. The van der Waals surface area contributed by atoms with Gasteiger partial charge in [-0.3, -0.25) is 9.69 Å². The zero-order chi connectivity index (χ0) is 18.9. The van der Waals surface area contributed by atoms with Crippen molar-refractivity contribution in [2.24, 2.45) is 5.41 Å². The summed E-state index contributed by atoms with van der Waals surface area (Å²) in [5.74, 6) is 0.782. The van der Waals surface area contributed by atoms with Crippen LogP contribution < -0.4 is 10.3 Å². The third-order valence-electron chi connectivity index (χ3n) is 5.53. The van der Waals surface area contributed by atoms with Crippen LogP contribution in [0.4, 0.5) is 0 Å². The number of likely N-dealkylation sites (tertiary alicyclic amines) is 1. The Morgan fingerprint density at radius 3 is 2.65 bits per heavy atom. The van der Waals surface area contributed by atoms with E-state index >= 15 is 0 Å². The molecule has 2 heterocycles. The second-order valence-corrected chi connectivity index (χ2v) is 8.51. The molecule has 0 amide bonds. The molecular formula is C22H31N2O2. The Bertz CT molecular complexity index is 819. The number of pyridine rings is 1. The number of rotatable bonds is 4. The summed E-state index contributed by atoms with van der Waals surface area (Å²) in [5, 5.41) is 1.07. The monoisotopic (exact) mass is 355 g/mol. The lowest BCUT2D eigenvalue weighted by atomic mass is 9.80. The van der Waals surface area contributed by atoms with E-state index in [-0.39, 0.29) is 17.0 Å². The summed E-state index contributed by atoms with van der Waals surface area (Å²) in [6.45, 7) is 11.0. The van der Waals surface area contributed by atoms with Crippen LogP contribution in [0.15, 0.2) is 35.1 Å². The summed E-state index contributed by atoms with van der Waals surface area (Å²) in [6, 6.07) is 10.1. The molecule has 1 saturated heterocycles. The summed E-state index contributed by atoms with van der Waals surface area (Å²) in [7, 11) is 1.66. The molecule has 2 unspecified atom stereocenters. The van der Waals surface area contributed by atoms with E-state index in [2.05, 4.69) is 39.0 Å². The van der Waals surface area contributed by atoms with E-state index in [9.17, 15) is 4.79 Å². The van der Waals surface area contributed by atoms with Gasteiger partial charge in [0.1, 0.15) is 5.75 Å². The normalized spacial score (nSPS) is 20.3. The third-order valence-corrected chi connectivity index (χ3v) is 5.53. The SMILES string of the molecule is COc1ccc2ccc(=O)n(C(C)CN3CC[CH]CC3C(C)(C)C)c2c1. The first-order chi connectivity index (χ1) is 12.3. The largest absolute Gasteiger partial charge is 0.497 e. The topological polar surface area (TPSA) is 34.5 Å². The number of piperidine rings is 1. The molecule has 2 aromatic rings. The molecule has 1 aliphatic rings. The minimum absolute atomic E-state index is 0.0501. The molecule has 1 aromatic carbocycles. The minimum Gasteiger partial charge on any atom is -0.497 e. The fraction of sp³-hybridized carbons (Fsp3) is 0.545. The maximum Gasteiger partial charge on any atom is 0.251 e. The van der Waals surface area contributed by atoms with E-state index in [1.165, 1.54) is 0 Å². The van der Waals surface area contributed by atoms with Crippen LogP contribution in [0, 0.1) is 11.8 Å². The van der Waals surface area contributed by atoms with Crippen molar-refractivity contribution in [2.75, 3.05) is 20.2 Å². The minimum atomic E-state index is 0.0501. The Morgan fingerprint density at radius 2 is 1.96 bits per heavy atom. The van der Waals surface area contributed by atoms with Gasteiger partial charge >= 0.3 is 0 Å². The maximum absolute atomic E-state index is 12.7. The van der Waals surface area contributed by atoms with Crippen molar-refractivity contribution in [3.63, 3.8) is 0 Å². The molecule has 0 N–H and O–H groups in total. The van der Waals surface area contributed by atoms with Crippen LogP contribution in [0.5, 0.6) is 5.75 Å². The lowest BCUT2D eigenvalue weighted by Gasteiger charge is -2.44. The first-order valence-electron chi connectivity index (χ1n) is 9.56. The Morgan fingerprint density at radius 1 is 1.23 bits per heavy atom. The molecule has 0 aliphatic carbocycles. The number of aromatic nitrogens is 1. The molecule has 0 bridgehead atoms. The predicted octanol–water partition coefficient (Wildman–Crippen LogP) is 4.29. The Balaban J connectivity index is 1.95. The van der Waals surface area contributed by atoms with Crippen molar-refractivity contribution >= 4 is 10.9 Å². The van der Waals surface area contributed by atoms with Crippen LogP contribution in [0.2, 0.25) is 0 Å². The highest BCUT2D eigenvalue weighted by molar-refractivity contribution is 5.80. The first kappa shape index (κ1) is 19.0. The van der Waals surface area contributed by atoms with Crippen molar-refractivity contribution in [3.8, 4) is 5.75 Å². The van der Waals surface area contributed by atoms with Crippen molar-refractivity contribution in [1.29, 1.82) is 0 Å². The highest BCUT2D eigenvalue weighted by atomic mass is 16.5. The molecule has 1 aromatic heterocycles. The summed E-state index contributed by atoms with van der Waals surface area (Å²) < 4.78 is 7.31. The number of hydrogen-bond donors (Lipinski definition) is 0. The first-order valence-corrected chi connectivity index (χ1v) is 9.56. The van der Waals surface area contributed by atoms with Gasteiger partial charge in [-0.2, -0.15) is 0 Å². The molecule has 0 saturated carbocycles. The fourth-order valence-corrected chi connectivity index (χ4v) is 4.19. The van der Waals surface area contributed by atoms with Gasteiger partial charge in [0.15, 0.2) is 0 Å². The highest BCUT2D eigenvalue weighted by Gasteiger charge is 2.33. The summed E-state index contributed by atoms with van der Waals surface area (Å²) in [5.41, 5.74) is 1.22. The lowest BCUT2D eigenvalue weighted by molar-refractivity contribution is 0.0696. The summed E-state index contributed by atoms with van der Waals surface area (Å²) in [4.78, 5) is 15.3. The number of fused-ring (bicyclic) bond motifs is 1. The quantitative estimate of drug-likeness (QED) is 0.821. The van der Waals surface area contributed by atoms with E-state index in [0.29, 0.717) is 6.04 Å². The molecule has 3 rings (SSSR count). The van der Waals surface area contributed by atoms with Gasteiger partial charge in [0, 0.05) is 30.8 Å². The number of nitrogens with zero attached hydrogens (tertiary/aromatic N) is 2. The number of ether oxygens (including phenoxy) is 1. The van der Waals surface area contributed by atoms with Crippen molar-refractivity contribution in [2.45, 2.75) is 52.6 Å². The molecule has 1 aliphatic heterocycles. The number of hydrogen-bond acceptors (Lipinski definition) is 3. The maximum atomic E-state index is 12.7. The van der Waals surface area contributed by atoms with Crippen LogP contribution in [-0.2, 0) is 0 Å². The van der Waals surface area contributed by atoms with Gasteiger partial charge in [0.2, 0.25) is 0 Å². The summed E-state index contributed by atoms with van der Waals surface area (Å²) in [6.07, 6.45) is 4.65. The van der Waals surface area contributed by atoms with Gasteiger partial charge < -0.3 is 9.30 Å². The van der Waals surface area contributed by atoms with E-state index in [1.54, 1.807) is 13.2 Å². The fourth-order valence-electron chi connectivity index (χ4n) is 4.19. The van der Waals surface area contributed by atoms with Gasteiger partial charge in [-0.25, -0.2) is 0 Å². The zero-order valence-electron chi connectivity index (χ0n) is 16.7. The van der Waals surface area contributed by atoms with Crippen molar-refractivity contribution < 1.29 is 4.74 Å². The van der Waals surface area contributed by atoms with E-state index in [0.717, 1.165) is 42.6 Å². The number of benzene rings is 1. The second kappa shape index (κ2) is 7.43. The lowest BCUT2D eigenvalue weighted by Crippen LogP contribution is -2.49. The van der Waals surface area contributed by atoms with Crippen molar-refractivity contribution in [1.82, 2.24) is 9.47 Å². The van der Waals surface area contributed by atoms with Gasteiger partial charge in [0.05, 0.1) is 12.6 Å². The number of methoxy groups -OCH3 is 1. The third kappa shape index (κ3) is 3.80. The smallest absolute Gasteiger partial charge is 0.251 e. The Labute approximate surface area is 156 Å². The molecule has 1 fully saturated rings. The van der Waals surface area contributed by atoms with E-state index in [1.807, 2.05) is 28.8 Å². The summed E-state index contributed by atoms with van der Waals surface area (Å²) >= 11 is 0. The van der Waals surface area contributed by atoms with Gasteiger partial charge in [-0.15, -0.1) is 0 Å². The standard InChI is InChI=1S/C22H31N2O2/c1-16(15-23-13-7-6-8-20(23)22(2,3)4)24-19-14-18(26-5)11-9-17(19)10-12-21(24)25/h6,9-12,14,16,20H,7-8,13,15H2,1-5H3. The highest BCUT2D eigenvalue weighted by Crippen LogP contribution is 2.32. The van der Waals surface area contributed by atoms with Gasteiger partial charge in [-0.05, 0) is 61.7 Å². The molecule has 141 valence electrons. The molecule has 2 atom stereocenters. The average molecular weight is 356 g/mol. The van der Waals surface area contributed by atoms with Crippen LogP contribution in [-0.4, -0.2) is 35.7 Å². The molecular weight excluding hydrogens is 324 g/mol. The second-order valence-electron chi connectivity index (χ2n) is 8.51. The average Bonchev–Trinajstić information content (AvgIpc) is 2.60.